The molecule has 176 valence electrons. The molecule has 32 heavy (non-hydrogen) atoms. The van der Waals surface area contributed by atoms with Gasteiger partial charge in [0.1, 0.15) is 0 Å². The Hall–Kier alpha value is -2.18. The molecule has 0 spiro atoms. The molecule has 7 heteroatoms. The molecule has 1 fully saturated rings. The van der Waals surface area contributed by atoms with Crippen molar-refractivity contribution < 1.29 is 26.3 Å². The van der Waals surface area contributed by atoms with Crippen molar-refractivity contribution >= 4 is 5.69 Å². The van der Waals surface area contributed by atoms with Gasteiger partial charge in [0.15, 0.2) is 0 Å². The van der Waals surface area contributed by atoms with E-state index in [9.17, 15) is 26.3 Å². The van der Waals surface area contributed by atoms with E-state index in [1.807, 2.05) is 23.1 Å². The Labute approximate surface area is 185 Å². The summed E-state index contributed by atoms with van der Waals surface area (Å²) in [5.41, 5.74) is 2.60. The van der Waals surface area contributed by atoms with Crippen LogP contribution in [0.3, 0.4) is 0 Å². The molecule has 0 radical (unpaired) electrons. The third-order valence-electron chi connectivity index (χ3n) is 6.20. The van der Waals surface area contributed by atoms with Crippen molar-refractivity contribution in [3.05, 3.63) is 53.6 Å². The third-order valence-corrected chi connectivity index (χ3v) is 6.20. The van der Waals surface area contributed by atoms with E-state index >= 15 is 0 Å². The molecular weight excluding hydrogens is 428 g/mol. The molecule has 1 heterocycles. The lowest BCUT2D eigenvalue weighted by molar-refractivity contribution is -0.179. The quantitative estimate of drug-likeness (QED) is 0.408. The maximum atomic E-state index is 13.1. The summed E-state index contributed by atoms with van der Waals surface area (Å²) >= 11 is 0. The fourth-order valence-corrected chi connectivity index (χ4v) is 4.43. The summed E-state index contributed by atoms with van der Waals surface area (Å²) in [6.45, 7) is 6.96. The van der Waals surface area contributed by atoms with Crippen molar-refractivity contribution in [2.75, 3.05) is 18.0 Å². The Kier molecular flexibility index (Phi) is 7.15. The molecule has 1 atom stereocenters. The lowest BCUT2D eigenvalue weighted by atomic mass is 9.88. The summed E-state index contributed by atoms with van der Waals surface area (Å²) in [6.07, 6.45) is -7.55. The number of hydrogen-bond donors (Lipinski definition) is 0. The van der Waals surface area contributed by atoms with Gasteiger partial charge < -0.3 is 4.90 Å². The van der Waals surface area contributed by atoms with Gasteiger partial charge in [0, 0.05) is 18.8 Å². The zero-order chi connectivity index (χ0) is 23.7. The molecule has 0 saturated carbocycles. The van der Waals surface area contributed by atoms with Crippen LogP contribution in [0.2, 0.25) is 0 Å². The van der Waals surface area contributed by atoms with Crippen LogP contribution >= 0.6 is 0 Å². The maximum Gasteiger partial charge on any atom is 0.416 e. The normalized spacial score (nSPS) is 17.1. The van der Waals surface area contributed by atoms with Gasteiger partial charge >= 0.3 is 12.4 Å². The first-order valence-electron chi connectivity index (χ1n) is 11.0. The van der Waals surface area contributed by atoms with Crippen LogP contribution in [-0.4, -0.2) is 19.3 Å². The van der Waals surface area contributed by atoms with E-state index in [0.29, 0.717) is 24.6 Å². The second-order valence-corrected chi connectivity index (χ2v) is 9.22. The minimum atomic E-state index is -4.40. The van der Waals surface area contributed by atoms with Crippen LogP contribution < -0.4 is 4.90 Å². The topological polar surface area (TPSA) is 3.24 Å². The Morgan fingerprint density at radius 3 is 1.94 bits per heavy atom. The summed E-state index contributed by atoms with van der Waals surface area (Å²) in [4.78, 5) is 1.96. The van der Waals surface area contributed by atoms with Crippen LogP contribution in [0.4, 0.5) is 32.0 Å². The highest BCUT2D eigenvalue weighted by molar-refractivity contribution is 5.70. The number of hydrogen-bond acceptors (Lipinski definition) is 1. The summed E-state index contributed by atoms with van der Waals surface area (Å²) in [7, 11) is 0. The van der Waals surface area contributed by atoms with Gasteiger partial charge in [-0.15, -0.1) is 0 Å². The van der Waals surface area contributed by atoms with Gasteiger partial charge in [0.25, 0.3) is 0 Å². The lowest BCUT2D eigenvalue weighted by Gasteiger charge is -2.35. The first-order chi connectivity index (χ1) is 14.8. The summed E-state index contributed by atoms with van der Waals surface area (Å²) < 4.78 is 78.0. The van der Waals surface area contributed by atoms with Gasteiger partial charge in [-0.2, -0.15) is 26.3 Å². The molecule has 2 aromatic rings. The predicted molar refractivity (Wildman–Crippen MR) is 116 cm³/mol. The number of benzene rings is 2. The Bertz CT molecular complexity index is 890. The molecule has 3 rings (SSSR count). The van der Waals surface area contributed by atoms with E-state index < -0.39 is 23.8 Å². The molecule has 1 aliphatic heterocycles. The Morgan fingerprint density at radius 1 is 0.844 bits per heavy atom. The molecule has 0 amide bonds. The largest absolute Gasteiger partial charge is 0.416 e. The van der Waals surface area contributed by atoms with Gasteiger partial charge in [0.05, 0.1) is 11.5 Å². The molecule has 0 bridgehead atoms. The third kappa shape index (κ3) is 5.99. The van der Waals surface area contributed by atoms with Crippen molar-refractivity contribution in [1.29, 1.82) is 0 Å². The molecule has 2 aromatic carbocycles. The molecule has 1 nitrogen and oxygen atoms in total. The van der Waals surface area contributed by atoms with Gasteiger partial charge in [-0.1, -0.05) is 39.0 Å². The van der Waals surface area contributed by atoms with Crippen molar-refractivity contribution in [3.8, 4) is 11.1 Å². The van der Waals surface area contributed by atoms with E-state index in [1.54, 1.807) is 0 Å². The van der Waals surface area contributed by atoms with Crippen molar-refractivity contribution in [3.63, 3.8) is 0 Å². The fraction of sp³-hybridized carbons (Fsp3) is 0.520. The first-order valence-corrected chi connectivity index (χ1v) is 11.0. The summed E-state index contributed by atoms with van der Waals surface area (Å²) in [5.74, 6) is -0.599. The number of rotatable bonds is 5. The van der Waals surface area contributed by atoms with Crippen LogP contribution in [0.5, 0.6) is 0 Å². The second-order valence-electron chi connectivity index (χ2n) is 9.22. The molecule has 0 aliphatic carbocycles. The predicted octanol–water partition coefficient (Wildman–Crippen LogP) is 8.30. The molecular formula is C25H29F6N. The Morgan fingerprint density at radius 2 is 1.44 bits per heavy atom. The van der Waals surface area contributed by atoms with Crippen molar-refractivity contribution in [2.24, 2.45) is 11.8 Å². The monoisotopic (exact) mass is 457 g/mol. The highest BCUT2D eigenvalue weighted by Gasteiger charge is 2.41. The number of piperidine rings is 1. The fourth-order valence-electron chi connectivity index (χ4n) is 4.43. The van der Waals surface area contributed by atoms with Crippen LogP contribution in [0, 0.1) is 11.8 Å². The average Bonchev–Trinajstić information content (AvgIpc) is 2.72. The zero-order valence-electron chi connectivity index (χ0n) is 18.5. The van der Waals surface area contributed by atoms with Crippen LogP contribution in [-0.2, 0) is 6.18 Å². The lowest BCUT2D eigenvalue weighted by Crippen LogP contribution is -2.39. The smallest absolute Gasteiger partial charge is 0.371 e. The average molecular weight is 458 g/mol. The number of anilines is 1. The Balaban J connectivity index is 1.93. The molecule has 0 aromatic heterocycles. The van der Waals surface area contributed by atoms with Crippen molar-refractivity contribution in [1.82, 2.24) is 0 Å². The highest BCUT2D eigenvalue weighted by atomic mass is 19.4. The maximum absolute atomic E-state index is 13.1. The van der Waals surface area contributed by atoms with E-state index in [4.69, 9.17) is 0 Å². The first kappa shape index (κ1) is 24.5. The minimum Gasteiger partial charge on any atom is -0.371 e. The van der Waals surface area contributed by atoms with Gasteiger partial charge in [-0.25, -0.2) is 0 Å². The molecule has 1 aliphatic rings. The standard InChI is InChI=1S/C25H29F6N/c1-16(2)12-17(3)19-13-20(18-4-6-21(7-5-18)24(26,27)28)15-23(14-19)32-10-8-22(9-11-32)25(29,30)31/h4-7,13-17,22H,8-12H2,1-3H3. The van der Waals surface area contributed by atoms with Gasteiger partial charge in [-0.05, 0) is 72.1 Å². The second kappa shape index (κ2) is 9.36. The summed E-state index contributed by atoms with van der Waals surface area (Å²) in [6, 6.07) is 10.9. The van der Waals surface area contributed by atoms with Crippen LogP contribution in [0.25, 0.3) is 11.1 Å². The van der Waals surface area contributed by atoms with Gasteiger partial charge in [-0.3, -0.25) is 0 Å². The number of alkyl halides is 6. The van der Waals surface area contributed by atoms with Crippen LogP contribution in [0.15, 0.2) is 42.5 Å². The highest BCUT2D eigenvalue weighted by Crippen LogP contribution is 2.38. The van der Waals surface area contributed by atoms with Crippen LogP contribution in [0.1, 0.15) is 57.1 Å². The van der Waals surface area contributed by atoms with E-state index in [2.05, 4.69) is 20.8 Å². The summed E-state index contributed by atoms with van der Waals surface area (Å²) in [5, 5.41) is 0. The van der Waals surface area contributed by atoms with E-state index in [1.165, 1.54) is 12.1 Å². The molecule has 1 saturated heterocycles. The minimum absolute atomic E-state index is 0.0465. The number of halogens is 6. The molecule has 0 N–H and O–H groups in total. The van der Waals surface area contributed by atoms with Crippen molar-refractivity contribution in [2.45, 2.75) is 58.3 Å². The van der Waals surface area contributed by atoms with E-state index in [0.717, 1.165) is 35.4 Å². The number of nitrogens with zero attached hydrogens (tertiary/aromatic N) is 1. The zero-order valence-corrected chi connectivity index (χ0v) is 18.5. The van der Waals surface area contributed by atoms with E-state index in [-0.39, 0.29) is 18.8 Å². The molecule has 1 unspecified atom stereocenters. The SMILES string of the molecule is CC(C)CC(C)c1cc(-c2ccc(C(F)(F)F)cc2)cc(N2CCC(C(F)(F)F)CC2)c1. The van der Waals surface area contributed by atoms with Gasteiger partial charge in [0.2, 0.25) is 0 Å².